The highest BCUT2D eigenvalue weighted by atomic mass is 14.5. The summed E-state index contributed by atoms with van der Waals surface area (Å²) < 4.78 is 0. The lowest BCUT2D eigenvalue weighted by Gasteiger charge is -2.02. The van der Waals surface area contributed by atoms with Gasteiger partial charge in [-0.3, -0.25) is 0 Å². The van der Waals surface area contributed by atoms with Crippen LogP contribution in [0.3, 0.4) is 0 Å². The molecular formula is C13H17N. The van der Waals surface area contributed by atoms with Crippen LogP contribution in [0, 0.1) is 0 Å². The summed E-state index contributed by atoms with van der Waals surface area (Å²) in [6.07, 6.45) is 3.81. The Balaban J connectivity index is 2.51. The predicted molar refractivity (Wildman–Crippen MR) is 62.0 cm³/mol. The molecule has 1 heteroatoms. The van der Waals surface area contributed by atoms with E-state index in [0.29, 0.717) is 6.54 Å². The number of hydrogen-bond acceptors (Lipinski definition) is 1. The Bertz CT molecular complexity index is 309. The molecular weight excluding hydrogens is 170 g/mol. The SMILES string of the molecule is C=CC(=C)CCc1ccc(CN)cc1. The van der Waals surface area contributed by atoms with E-state index in [4.69, 9.17) is 5.73 Å². The van der Waals surface area contributed by atoms with Gasteiger partial charge in [0.05, 0.1) is 0 Å². The highest BCUT2D eigenvalue weighted by Gasteiger charge is 1.94. The second kappa shape index (κ2) is 5.40. The minimum absolute atomic E-state index is 0.611. The Morgan fingerprint density at radius 2 is 1.79 bits per heavy atom. The number of rotatable bonds is 5. The van der Waals surface area contributed by atoms with E-state index < -0.39 is 0 Å². The van der Waals surface area contributed by atoms with Gasteiger partial charge in [0.2, 0.25) is 0 Å². The average molecular weight is 187 g/mol. The van der Waals surface area contributed by atoms with Gasteiger partial charge in [-0.05, 0) is 24.0 Å². The zero-order valence-electron chi connectivity index (χ0n) is 8.50. The van der Waals surface area contributed by atoms with Gasteiger partial charge in [0.15, 0.2) is 0 Å². The van der Waals surface area contributed by atoms with Crippen molar-refractivity contribution < 1.29 is 0 Å². The molecule has 0 aromatic heterocycles. The summed E-state index contributed by atoms with van der Waals surface area (Å²) in [6.45, 7) is 8.18. The monoisotopic (exact) mass is 187 g/mol. The molecule has 2 N–H and O–H groups in total. The van der Waals surface area contributed by atoms with E-state index in [1.165, 1.54) is 11.1 Å². The van der Waals surface area contributed by atoms with Crippen LogP contribution < -0.4 is 5.73 Å². The first kappa shape index (κ1) is 10.7. The molecule has 0 saturated heterocycles. The molecule has 0 aliphatic carbocycles. The van der Waals surface area contributed by atoms with Gasteiger partial charge in [-0.15, -0.1) is 0 Å². The molecule has 0 radical (unpaired) electrons. The van der Waals surface area contributed by atoms with E-state index in [2.05, 4.69) is 37.4 Å². The van der Waals surface area contributed by atoms with Crippen LogP contribution in [0.5, 0.6) is 0 Å². The summed E-state index contributed by atoms with van der Waals surface area (Å²) in [5, 5.41) is 0. The highest BCUT2D eigenvalue weighted by molar-refractivity contribution is 5.24. The molecule has 0 atom stereocenters. The molecule has 0 saturated carbocycles. The molecule has 0 unspecified atom stereocenters. The Kier molecular flexibility index (Phi) is 4.14. The van der Waals surface area contributed by atoms with Gasteiger partial charge in [0.1, 0.15) is 0 Å². The van der Waals surface area contributed by atoms with E-state index >= 15 is 0 Å². The molecule has 0 heterocycles. The molecule has 1 rings (SSSR count). The van der Waals surface area contributed by atoms with Gasteiger partial charge in [0, 0.05) is 6.54 Å². The third-order valence-electron chi connectivity index (χ3n) is 2.28. The summed E-state index contributed by atoms with van der Waals surface area (Å²) in [4.78, 5) is 0. The van der Waals surface area contributed by atoms with Crippen molar-refractivity contribution >= 4 is 0 Å². The van der Waals surface area contributed by atoms with Gasteiger partial charge in [0.25, 0.3) is 0 Å². The zero-order chi connectivity index (χ0) is 10.4. The summed E-state index contributed by atoms with van der Waals surface area (Å²) >= 11 is 0. The van der Waals surface area contributed by atoms with E-state index in [-0.39, 0.29) is 0 Å². The summed E-state index contributed by atoms with van der Waals surface area (Å²) in [5.74, 6) is 0. The summed E-state index contributed by atoms with van der Waals surface area (Å²) in [7, 11) is 0. The van der Waals surface area contributed by atoms with Crippen LogP contribution >= 0.6 is 0 Å². The standard InChI is InChI=1S/C13H17N/c1-3-11(2)4-5-12-6-8-13(10-14)9-7-12/h3,6-9H,1-2,4-5,10,14H2. The van der Waals surface area contributed by atoms with E-state index in [1.54, 1.807) is 0 Å². The van der Waals surface area contributed by atoms with Gasteiger partial charge >= 0.3 is 0 Å². The van der Waals surface area contributed by atoms with Crippen LogP contribution in [-0.4, -0.2) is 0 Å². The van der Waals surface area contributed by atoms with Crippen LogP contribution in [0.1, 0.15) is 17.5 Å². The number of allylic oxidation sites excluding steroid dienone is 2. The fourth-order valence-corrected chi connectivity index (χ4v) is 1.25. The number of benzene rings is 1. The Labute approximate surface area is 85.9 Å². The average Bonchev–Trinajstić information content (AvgIpc) is 2.26. The molecule has 0 fully saturated rings. The smallest absolute Gasteiger partial charge is 0.0178 e. The number of nitrogens with two attached hydrogens (primary N) is 1. The third kappa shape index (κ3) is 3.19. The second-order valence-electron chi connectivity index (χ2n) is 3.38. The third-order valence-corrected chi connectivity index (χ3v) is 2.28. The van der Waals surface area contributed by atoms with Crippen molar-refractivity contribution in [2.45, 2.75) is 19.4 Å². The maximum atomic E-state index is 5.52. The van der Waals surface area contributed by atoms with Crippen LogP contribution in [0.4, 0.5) is 0 Å². The Morgan fingerprint density at radius 1 is 1.21 bits per heavy atom. The molecule has 1 nitrogen and oxygen atoms in total. The first-order valence-corrected chi connectivity index (χ1v) is 4.84. The van der Waals surface area contributed by atoms with Gasteiger partial charge < -0.3 is 5.73 Å². The zero-order valence-corrected chi connectivity index (χ0v) is 8.50. The van der Waals surface area contributed by atoms with Crippen molar-refractivity contribution in [2.75, 3.05) is 0 Å². The summed E-state index contributed by atoms with van der Waals surface area (Å²) in [6, 6.07) is 8.40. The van der Waals surface area contributed by atoms with Crippen LogP contribution in [0.2, 0.25) is 0 Å². The van der Waals surface area contributed by atoms with Crippen molar-refractivity contribution in [3.63, 3.8) is 0 Å². The van der Waals surface area contributed by atoms with Gasteiger partial charge in [-0.25, -0.2) is 0 Å². The van der Waals surface area contributed by atoms with Crippen LogP contribution in [0.15, 0.2) is 49.1 Å². The highest BCUT2D eigenvalue weighted by Crippen LogP contribution is 2.09. The second-order valence-corrected chi connectivity index (χ2v) is 3.38. The molecule has 1 aromatic carbocycles. The van der Waals surface area contributed by atoms with Crippen molar-refractivity contribution in [1.82, 2.24) is 0 Å². The Morgan fingerprint density at radius 3 is 2.29 bits per heavy atom. The Hall–Kier alpha value is -1.34. The molecule has 74 valence electrons. The lowest BCUT2D eigenvalue weighted by atomic mass is 10.0. The van der Waals surface area contributed by atoms with Gasteiger partial charge in [-0.1, -0.05) is 49.1 Å². The lowest BCUT2D eigenvalue weighted by molar-refractivity contribution is 0.964. The molecule has 0 amide bonds. The van der Waals surface area contributed by atoms with E-state index in [9.17, 15) is 0 Å². The van der Waals surface area contributed by atoms with Gasteiger partial charge in [-0.2, -0.15) is 0 Å². The maximum absolute atomic E-state index is 5.52. The molecule has 1 aromatic rings. The molecule has 0 aliphatic heterocycles. The molecule has 0 spiro atoms. The van der Waals surface area contributed by atoms with Crippen molar-refractivity contribution in [1.29, 1.82) is 0 Å². The number of hydrogen-bond donors (Lipinski definition) is 1. The maximum Gasteiger partial charge on any atom is 0.0178 e. The van der Waals surface area contributed by atoms with E-state index in [1.807, 2.05) is 6.08 Å². The van der Waals surface area contributed by atoms with Crippen LogP contribution in [0.25, 0.3) is 0 Å². The molecule has 0 bridgehead atoms. The topological polar surface area (TPSA) is 26.0 Å². The van der Waals surface area contributed by atoms with Crippen LogP contribution in [-0.2, 0) is 13.0 Å². The normalized spacial score (nSPS) is 9.79. The first-order valence-electron chi connectivity index (χ1n) is 4.84. The minimum Gasteiger partial charge on any atom is -0.326 e. The quantitative estimate of drug-likeness (QED) is 0.705. The van der Waals surface area contributed by atoms with Crippen molar-refractivity contribution in [3.05, 3.63) is 60.2 Å². The van der Waals surface area contributed by atoms with Crippen molar-refractivity contribution in [2.24, 2.45) is 5.73 Å². The fraction of sp³-hybridized carbons (Fsp3) is 0.231. The van der Waals surface area contributed by atoms with Crippen molar-refractivity contribution in [3.8, 4) is 0 Å². The predicted octanol–water partition coefficient (Wildman–Crippen LogP) is 2.82. The minimum atomic E-state index is 0.611. The fourth-order valence-electron chi connectivity index (χ4n) is 1.25. The first-order chi connectivity index (χ1) is 6.76. The largest absolute Gasteiger partial charge is 0.326 e. The molecule has 14 heavy (non-hydrogen) atoms. The number of aryl methyl sites for hydroxylation is 1. The van der Waals surface area contributed by atoms with E-state index in [0.717, 1.165) is 18.4 Å². The summed E-state index contributed by atoms with van der Waals surface area (Å²) in [5.41, 5.74) is 9.11. The molecule has 0 aliphatic rings. The lowest BCUT2D eigenvalue weighted by Crippen LogP contribution is -1.96.